The molecular weight excluding hydrogens is 404 g/mol. The number of nitrogens with one attached hydrogen (secondary N) is 1. The number of rotatable bonds is 7. The highest BCUT2D eigenvalue weighted by atomic mass is 32.1. The monoisotopic (exact) mass is 428 g/mol. The summed E-state index contributed by atoms with van der Waals surface area (Å²) in [5.74, 6) is 1.02. The number of hydrogen-bond acceptors (Lipinski definition) is 5. The van der Waals surface area contributed by atoms with Gasteiger partial charge >= 0.3 is 0 Å². The van der Waals surface area contributed by atoms with Gasteiger partial charge in [-0.1, -0.05) is 60.7 Å². The second-order valence-electron chi connectivity index (χ2n) is 7.09. The van der Waals surface area contributed by atoms with Crippen LogP contribution >= 0.6 is 11.3 Å². The third-order valence-electron chi connectivity index (χ3n) is 5.00. The lowest BCUT2D eigenvalue weighted by atomic mass is 10.1. The topological polar surface area (TPSA) is 58.1 Å². The number of anilines is 2. The minimum atomic E-state index is -0.0598. The molecule has 0 aliphatic carbocycles. The summed E-state index contributed by atoms with van der Waals surface area (Å²) in [5.41, 5.74) is 2.25. The molecule has 31 heavy (non-hydrogen) atoms. The average molecular weight is 429 g/mol. The summed E-state index contributed by atoms with van der Waals surface area (Å²) in [5, 5.41) is 3.32. The standard InChI is InChI=1S/C25H24N4OS/c1-3-29(24(30)22-15-14-21(31-22)20-12-8-5-9-13-20)23-16-17-26-25(28-23)27-18(2)19-10-6-4-7-11-19/h4-18H,3H2,1-2H3,(H,26,27,28)/t18-/m0/s1. The first-order valence-electron chi connectivity index (χ1n) is 10.3. The van der Waals surface area contributed by atoms with E-state index < -0.39 is 0 Å². The van der Waals surface area contributed by atoms with Crippen LogP contribution in [0.2, 0.25) is 0 Å². The molecule has 156 valence electrons. The molecule has 4 rings (SSSR count). The fourth-order valence-electron chi connectivity index (χ4n) is 3.34. The van der Waals surface area contributed by atoms with E-state index in [1.165, 1.54) is 11.3 Å². The molecule has 0 spiro atoms. The Bertz CT molecular complexity index is 1140. The van der Waals surface area contributed by atoms with Crippen LogP contribution < -0.4 is 10.2 Å². The van der Waals surface area contributed by atoms with E-state index in [1.807, 2.05) is 67.6 Å². The summed E-state index contributed by atoms with van der Waals surface area (Å²) in [4.78, 5) is 25.6. The Morgan fingerprint density at radius 3 is 2.42 bits per heavy atom. The number of aromatic nitrogens is 2. The van der Waals surface area contributed by atoms with Crippen molar-refractivity contribution in [3.8, 4) is 10.4 Å². The number of carbonyl (C=O) groups excluding carboxylic acids is 1. The Kier molecular flexibility index (Phi) is 6.38. The third-order valence-corrected chi connectivity index (χ3v) is 6.12. The van der Waals surface area contributed by atoms with Crippen LogP contribution in [-0.2, 0) is 0 Å². The van der Waals surface area contributed by atoms with E-state index in [2.05, 4.69) is 34.3 Å². The zero-order valence-corrected chi connectivity index (χ0v) is 18.3. The van der Waals surface area contributed by atoms with Crippen LogP contribution in [-0.4, -0.2) is 22.4 Å². The molecule has 0 unspecified atom stereocenters. The molecule has 2 aromatic carbocycles. The molecule has 2 aromatic heterocycles. The fraction of sp³-hybridized carbons (Fsp3) is 0.160. The van der Waals surface area contributed by atoms with Crippen molar-refractivity contribution in [1.82, 2.24) is 9.97 Å². The minimum absolute atomic E-state index is 0.0490. The summed E-state index contributed by atoms with van der Waals surface area (Å²) >= 11 is 1.49. The van der Waals surface area contributed by atoms with Crippen LogP contribution in [0.4, 0.5) is 11.8 Å². The molecule has 6 heteroatoms. The summed E-state index contributed by atoms with van der Waals surface area (Å²) in [7, 11) is 0. The average Bonchev–Trinajstić information content (AvgIpc) is 3.31. The lowest BCUT2D eigenvalue weighted by molar-refractivity contribution is 0.0991. The van der Waals surface area contributed by atoms with Gasteiger partial charge in [0.05, 0.1) is 10.9 Å². The number of carbonyl (C=O) groups is 1. The molecule has 0 fully saturated rings. The Labute approximate surface area is 186 Å². The molecule has 0 radical (unpaired) electrons. The largest absolute Gasteiger partial charge is 0.348 e. The summed E-state index contributed by atoms with van der Waals surface area (Å²) < 4.78 is 0. The SMILES string of the molecule is CCN(C(=O)c1ccc(-c2ccccc2)s1)c1ccnc(N[C@@H](C)c2ccccc2)n1. The molecule has 0 saturated carbocycles. The van der Waals surface area contributed by atoms with Crippen LogP contribution in [0.5, 0.6) is 0 Å². The first kappa shape index (κ1) is 20.8. The summed E-state index contributed by atoms with van der Waals surface area (Å²) in [6.07, 6.45) is 1.68. The van der Waals surface area contributed by atoms with Gasteiger partial charge in [0, 0.05) is 17.6 Å². The van der Waals surface area contributed by atoms with E-state index in [0.717, 1.165) is 16.0 Å². The van der Waals surface area contributed by atoms with E-state index in [0.29, 0.717) is 23.2 Å². The molecule has 1 N–H and O–H groups in total. The summed E-state index contributed by atoms with van der Waals surface area (Å²) in [6, 6.07) is 25.9. The van der Waals surface area contributed by atoms with Gasteiger partial charge in [0.15, 0.2) is 0 Å². The van der Waals surface area contributed by atoms with Crippen molar-refractivity contribution in [3.05, 3.63) is 95.5 Å². The van der Waals surface area contributed by atoms with Crippen molar-refractivity contribution in [2.24, 2.45) is 0 Å². The number of amides is 1. The Morgan fingerprint density at radius 2 is 1.71 bits per heavy atom. The Balaban J connectivity index is 1.53. The highest BCUT2D eigenvalue weighted by Gasteiger charge is 2.20. The van der Waals surface area contributed by atoms with E-state index >= 15 is 0 Å². The second kappa shape index (κ2) is 9.53. The van der Waals surface area contributed by atoms with E-state index in [1.54, 1.807) is 17.2 Å². The minimum Gasteiger partial charge on any atom is -0.348 e. The number of benzene rings is 2. The number of thiophene rings is 1. The molecule has 0 aliphatic rings. The highest BCUT2D eigenvalue weighted by Crippen LogP contribution is 2.29. The summed E-state index contributed by atoms with van der Waals surface area (Å²) in [6.45, 7) is 4.53. The predicted molar refractivity (Wildman–Crippen MR) is 128 cm³/mol. The van der Waals surface area contributed by atoms with Crippen LogP contribution in [0.3, 0.4) is 0 Å². The van der Waals surface area contributed by atoms with Crippen LogP contribution in [0.1, 0.15) is 35.1 Å². The van der Waals surface area contributed by atoms with Gasteiger partial charge in [0.2, 0.25) is 5.95 Å². The van der Waals surface area contributed by atoms with Crippen molar-refractivity contribution in [2.45, 2.75) is 19.9 Å². The molecule has 1 amide bonds. The van der Waals surface area contributed by atoms with E-state index in [-0.39, 0.29) is 11.9 Å². The lowest BCUT2D eigenvalue weighted by Gasteiger charge is -2.20. The Hall–Kier alpha value is -3.51. The zero-order chi connectivity index (χ0) is 21.6. The van der Waals surface area contributed by atoms with Gasteiger partial charge in [-0.3, -0.25) is 9.69 Å². The Morgan fingerprint density at radius 1 is 1.00 bits per heavy atom. The zero-order valence-electron chi connectivity index (χ0n) is 17.5. The smallest absolute Gasteiger partial charge is 0.269 e. The van der Waals surface area contributed by atoms with Crippen LogP contribution in [0.25, 0.3) is 10.4 Å². The van der Waals surface area contributed by atoms with E-state index in [9.17, 15) is 4.79 Å². The molecule has 1 atom stereocenters. The highest BCUT2D eigenvalue weighted by molar-refractivity contribution is 7.17. The molecule has 0 bridgehead atoms. The molecule has 4 aromatic rings. The molecule has 5 nitrogen and oxygen atoms in total. The molecule has 0 aliphatic heterocycles. The van der Waals surface area contributed by atoms with Crippen LogP contribution in [0.15, 0.2) is 85.1 Å². The van der Waals surface area contributed by atoms with Gasteiger partial charge < -0.3 is 5.32 Å². The van der Waals surface area contributed by atoms with Gasteiger partial charge in [0.1, 0.15) is 5.82 Å². The fourth-order valence-corrected chi connectivity index (χ4v) is 4.30. The lowest BCUT2D eigenvalue weighted by Crippen LogP contribution is -2.31. The maximum atomic E-state index is 13.2. The maximum absolute atomic E-state index is 13.2. The van der Waals surface area contributed by atoms with Gasteiger partial charge in [-0.05, 0) is 43.2 Å². The van der Waals surface area contributed by atoms with Crippen molar-refractivity contribution in [3.63, 3.8) is 0 Å². The van der Waals surface area contributed by atoms with Crippen LogP contribution in [0, 0.1) is 0 Å². The maximum Gasteiger partial charge on any atom is 0.269 e. The van der Waals surface area contributed by atoms with Gasteiger partial charge in [-0.15, -0.1) is 11.3 Å². The molecule has 0 saturated heterocycles. The quantitative estimate of drug-likeness (QED) is 0.390. The normalized spacial score (nSPS) is 11.7. The molecular formula is C25H24N4OS. The number of nitrogens with zero attached hydrogens (tertiary/aromatic N) is 3. The predicted octanol–water partition coefficient (Wildman–Crippen LogP) is 6.04. The van der Waals surface area contributed by atoms with Crippen molar-refractivity contribution < 1.29 is 4.79 Å². The third kappa shape index (κ3) is 4.81. The van der Waals surface area contributed by atoms with Crippen molar-refractivity contribution in [1.29, 1.82) is 0 Å². The van der Waals surface area contributed by atoms with Crippen molar-refractivity contribution >= 4 is 29.0 Å². The first-order chi connectivity index (χ1) is 15.2. The number of hydrogen-bond donors (Lipinski definition) is 1. The first-order valence-corrected chi connectivity index (χ1v) is 11.1. The second-order valence-corrected chi connectivity index (χ2v) is 8.18. The van der Waals surface area contributed by atoms with Gasteiger partial charge in [-0.25, -0.2) is 4.98 Å². The van der Waals surface area contributed by atoms with E-state index in [4.69, 9.17) is 0 Å². The van der Waals surface area contributed by atoms with Crippen molar-refractivity contribution in [2.75, 3.05) is 16.8 Å². The van der Waals surface area contributed by atoms with Gasteiger partial charge in [-0.2, -0.15) is 4.98 Å². The van der Waals surface area contributed by atoms with Gasteiger partial charge in [0.25, 0.3) is 5.91 Å². The molecule has 2 heterocycles.